The molecule has 0 unspecified atom stereocenters. The Morgan fingerprint density at radius 2 is 1.79 bits per heavy atom. The number of aryl methyl sites for hydroxylation is 1. The Morgan fingerprint density at radius 3 is 2.42 bits per heavy atom. The molecule has 1 aromatic rings. The molecule has 1 saturated carbocycles. The highest BCUT2D eigenvalue weighted by molar-refractivity contribution is 5.61. The van der Waals surface area contributed by atoms with Gasteiger partial charge in [-0.1, -0.05) is 0 Å². The van der Waals surface area contributed by atoms with E-state index >= 15 is 0 Å². The minimum absolute atomic E-state index is 0.295. The molecule has 0 radical (unpaired) electrons. The molecular formula is C20H33N3O. The van der Waals surface area contributed by atoms with Gasteiger partial charge in [-0.25, -0.2) is 0 Å². The van der Waals surface area contributed by atoms with Crippen molar-refractivity contribution >= 4 is 11.4 Å². The van der Waals surface area contributed by atoms with Gasteiger partial charge in [0, 0.05) is 37.1 Å². The SMILES string of the molecule is Cc1cc(NCC2CCC(N)CC2)ccc1N1C[C@@H](C)O[C@@H](C)C1. The summed E-state index contributed by atoms with van der Waals surface area (Å²) in [4.78, 5) is 2.46. The van der Waals surface area contributed by atoms with Crippen LogP contribution in [0.15, 0.2) is 18.2 Å². The second-order valence-electron chi connectivity index (χ2n) is 7.83. The van der Waals surface area contributed by atoms with E-state index in [1.54, 1.807) is 0 Å². The van der Waals surface area contributed by atoms with Crippen LogP contribution in [-0.4, -0.2) is 37.9 Å². The molecule has 3 rings (SSSR count). The maximum Gasteiger partial charge on any atom is 0.0726 e. The molecule has 1 aromatic carbocycles. The Balaban J connectivity index is 1.58. The van der Waals surface area contributed by atoms with Crippen LogP contribution < -0.4 is 16.0 Å². The quantitative estimate of drug-likeness (QED) is 0.886. The normalized spacial score (nSPS) is 31.1. The van der Waals surface area contributed by atoms with Crippen LogP contribution in [0.5, 0.6) is 0 Å². The number of ether oxygens (including phenoxy) is 1. The van der Waals surface area contributed by atoms with Gasteiger partial charge in [0.15, 0.2) is 0 Å². The molecule has 4 nitrogen and oxygen atoms in total. The number of nitrogens with one attached hydrogen (secondary N) is 1. The Bertz CT molecular complexity index is 530. The van der Waals surface area contributed by atoms with Crippen LogP contribution in [0.2, 0.25) is 0 Å². The first-order valence-corrected chi connectivity index (χ1v) is 9.51. The van der Waals surface area contributed by atoms with E-state index in [1.165, 1.54) is 42.6 Å². The molecule has 2 atom stereocenters. The number of hydrogen-bond donors (Lipinski definition) is 2. The first-order valence-electron chi connectivity index (χ1n) is 9.51. The van der Waals surface area contributed by atoms with Gasteiger partial charge in [-0.2, -0.15) is 0 Å². The average molecular weight is 332 g/mol. The number of hydrogen-bond acceptors (Lipinski definition) is 4. The van der Waals surface area contributed by atoms with Crippen molar-refractivity contribution in [3.63, 3.8) is 0 Å². The molecule has 0 amide bonds. The van der Waals surface area contributed by atoms with E-state index in [0.29, 0.717) is 18.2 Å². The van der Waals surface area contributed by atoms with Crippen molar-refractivity contribution in [2.24, 2.45) is 11.7 Å². The second kappa shape index (κ2) is 7.75. The van der Waals surface area contributed by atoms with Crippen molar-refractivity contribution in [3.05, 3.63) is 23.8 Å². The van der Waals surface area contributed by atoms with E-state index in [4.69, 9.17) is 10.5 Å². The molecule has 134 valence electrons. The molecule has 2 fully saturated rings. The van der Waals surface area contributed by atoms with Gasteiger partial charge in [0.05, 0.1) is 12.2 Å². The van der Waals surface area contributed by atoms with Crippen LogP contribution in [0, 0.1) is 12.8 Å². The molecule has 3 N–H and O–H groups in total. The third-order valence-corrected chi connectivity index (χ3v) is 5.44. The zero-order valence-corrected chi connectivity index (χ0v) is 15.4. The summed E-state index contributed by atoms with van der Waals surface area (Å²) in [5.41, 5.74) is 9.91. The van der Waals surface area contributed by atoms with Crippen LogP contribution in [0.3, 0.4) is 0 Å². The van der Waals surface area contributed by atoms with Gasteiger partial charge in [0.25, 0.3) is 0 Å². The second-order valence-corrected chi connectivity index (χ2v) is 7.83. The zero-order valence-electron chi connectivity index (χ0n) is 15.4. The highest BCUT2D eigenvalue weighted by Gasteiger charge is 2.23. The Hall–Kier alpha value is -1.26. The number of rotatable bonds is 4. The number of anilines is 2. The van der Waals surface area contributed by atoms with E-state index in [2.05, 4.69) is 49.2 Å². The largest absolute Gasteiger partial charge is 0.385 e. The topological polar surface area (TPSA) is 50.5 Å². The van der Waals surface area contributed by atoms with Crippen LogP contribution in [0.1, 0.15) is 45.1 Å². The number of nitrogens with zero attached hydrogens (tertiary/aromatic N) is 1. The predicted octanol–water partition coefficient (Wildman–Crippen LogP) is 3.54. The summed E-state index contributed by atoms with van der Waals surface area (Å²) in [5.74, 6) is 0.769. The molecule has 0 aromatic heterocycles. The minimum Gasteiger partial charge on any atom is -0.385 e. The highest BCUT2D eigenvalue weighted by atomic mass is 16.5. The van der Waals surface area contributed by atoms with Crippen LogP contribution in [-0.2, 0) is 4.74 Å². The van der Waals surface area contributed by atoms with E-state index in [-0.39, 0.29) is 0 Å². The standard InChI is InChI=1S/C20H33N3O/c1-14-10-19(22-11-17-4-6-18(21)7-5-17)8-9-20(14)23-12-15(2)24-16(3)13-23/h8-10,15-18,22H,4-7,11-13,21H2,1-3H3/t15-,16+,17?,18?. The molecule has 0 bridgehead atoms. The molecule has 0 spiro atoms. The smallest absolute Gasteiger partial charge is 0.0726 e. The van der Waals surface area contributed by atoms with Crippen molar-refractivity contribution in [3.8, 4) is 0 Å². The summed E-state index contributed by atoms with van der Waals surface area (Å²) >= 11 is 0. The number of benzene rings is 1. The Labute approximate surface area is 146 Å². The fraction of sp³-hybridized carbons (Fsp3) is 0.700. The molecule has 24 heavy (non-hydrogen) atoms. The van der Waals surface area contributed by atoms with Gasteiger partial charge in [-0.3, -0.25) is 0 Å². The fourth-order valence-corrected chi connectivity index (χ4v) is 4.15. The average Bonchev–Trinajstić information content (AvgIpc) is 2.53. The lowest BCUT2D eigenvalue weighted by Crippen LogP contribution is -2.45. The Kier molecular flexibility index (Phi) is 5.67. The summed E-state index contributed by atoms with van der Waals surface area (Å²) in [6.45, 7) is 9.54. The summed E-state index contributed by atoms with van der Waals surface area (Å²) in [5, 5.41) is 3.63. The van der Waals surface area contributed by atoms with E-state index in [1.807, 2.05) is 0 Å². The van der Waals surface area contributed by atoms with Crippen LogP contribution in [0.4, 0.5) is 11.4 Å². The van der Waals surface area contributed by atoms with Crippen molar-refractivity contribution in [2.45, 2.75) is 64.7 Å². The van der Waals surface area contributed by atoms with Gasteiger partial charge in [0.2, 0.25) is 0 Å². The maximum absolute atomic E-state index is 6.00. The fourth-order valence-electron chi connectivity index (χ4n) is 4.15. The molecule has 1 aliphatic carbocycles. The number of morpholine rings is 1. The number of nitrogens with two attached hydrogens (primary N) is 1. The Morgan fingerprint density at radius 1 is 1.12 bits per heavy atom. The van der Waals surface area contributed by atoms with Crippen molar-refractivity contribution < 1.29 is 4.74 Å². The van der Waals surface area contributed by atoms with Gasteiger partial charge >= 0.3 is 0 Å². The lowest BCUT2D eigenvalue weighted by atomic mass is 9.86. The lowest BCUT2D eigenvalue weighted by molar-refractivity contribution is -0.00524. The zero-order chi connectivity index (χ0) is 17.1. The molecule has 1 saturated heterocycles. The molecule has 1 aliphatic heterocycles. The van der Waals surface area contributed by atoms with Crippen molar-refractivity contribution in [1.82, 2.24) is 0 Å². The van der Waals surface area contributed by atoms with Crippen molar-refractivity contribution in [2.75, 3.05) is 29.9 Å². The van der Waals surface area contributed by atoms with E-state index < -0.39 is 0 Å². The third kappa shape index (κ3) is 4.42. The first-order chi connectivity index (χ1) is 11.5. The monoisotopic (exact) mass is 331 g/mol. The van der Waals surface area contributed by atoms with E-state index in [0.717, 1.165) is 25.6 Å². The molecule has 4 heteroatoms. The van der Waals surface area contributed by atoms with Gasteiger partial charge < -0.3 is 20.7 Å². The summed E-state index contributed by atoms with van der Waals surface area (Å²) < 4.78 is 5.85. The minimum atomic E-state index is 0.295. The van der Waals surface area contributed by atoms with Gasteiger partial charge in [0.1, 0.15) is 0 Å². The van der Waals surface area contributed by atoms with Crippen LogP contribution >= 0.6 is 0 Å². The maximum atomic E-state index is 6.00. The van der Waals surface area contributed by atoms with Crippen molar-refractivity contribution in [1.29, 1.82) is 0 Å². The van der Waals surface area contributed by atoms with Gasteiger partial charge in [-0.15, -0.1) is 0 Å². The summed E-state index contributed by atoms with van der Waals surface area (Å²) in [7, 11) is 0. The third-order valence-electron chi connectivity index (χ3n) is 5.44. The summed E-state index contributed by atoms with van der Waals surface area (Å²) in [6, 6.07) is 7.20. The molecule has 1 heterocycles. The molecular weight excluding hydrogens is 298 g/mol. The van der Waals surface area contributed by atoms with E-state index in [9.17, 15) is 0 Å². The summed E-state index contributed by atoms with van der Waals surface area (Å²) in [6.07, 6.45) is 5.46. The van der Waals surface area contributed by atoms with Crippen LogP contribution in [0.25, 0.3) is 0 Å². The lowest BCUT2D eigenvalue weighted by Gasteiger charge is -2.37. The highest BCUT2D eigenvalue weighted by Crippen LogP contribution is 2.28. The first kappa shape index (κ1) is 17.6. The predicted molar refractivity (Wildman–Crippen MR) is 102 cm³/mol. The molecule has 2 aliphatic rings. The van der Waals surface area contributed by atoms with Gasteiger partial charge in [-0.05, 0) is 76.1 Å².